The highest BCUT2D eigenvalue weighted by atomic mass is 16.5. The van der Waals surface area contributed by atoms with Crippen molar-refractivity contribution in [1.29, 1.82) is 0 Å². The van der Waals surface area contributed by atoms with Crippen LogP contribution in [0.3, 0.4) is 0 Å². The van der Waals surface area contributed by atoms with Crippen molar-refractivity contribution < 1.29 is 9.32 Å². The van der Waals surface area contributed by atoms with Crippen LogP contribution in [0.25, 0.3) is 0 Å². The zero-order chi connectivity index (χ0) is 13.3. The van der Waals surface area contributed by atoms with E-state index in [1.807, 2.05) is 4.90 Å². The van der Waals surface area contributed by atoms with Crippen LogP contribution in [-0.2, 0) is 0 Å². The fraction of sp³-hybridized carbons (Fsp3) is 0.714. The summed E-state index contributed by atoms with van der Waals surface area (Å²) < 4.78 is 5.01. The van der Waals surface area contributed by atoms with Crippen molar-refractivity contribution in [3.63, 3.8) is 0 Å². The summed E-state index contributed by atoms with van der Waals surface area (Å²) in [6, 6.07) is 0. The Hall–Kier alpha value is -1.36. The number of nitrogens with one attached hydrogen (secondary N) is 1. The van der Waals surface area contributed by atoms with Gasteiger partial charge in [-0.05, 0) is 51.1 Å². The molecule has 1 aromatic rings. The predicted octanol–water partition coefficient (Wildman–Crippen LogP) is 1.59. The minimum atomic E-state index is 0.0800. The SMILES string of the molecule is Cc1oncc1C(=O)N1CCCC2(CCNCC2)C1. The molecule has 1 aromatic heterocycles. The van der Waals surface area contributed by atoms with Gasteiger partial charge >= 0.3 is 0 Å². The Bertz CT molecular complexity index is 458. The number of carbonyl (C=O) groups excluding carboxylic acids is 1. The van der Waals surface area contributed by atoms with E-state index in [2.05, 4.69) is 10.5 Å². The molecular formula is C14H21N3O2. The van der Waals surface area contributed by atoms with Crippen LogP contribution in [0, 0.1) is 12.3 Å². The quantitative estimate of drug-likeness (QED) is 0.836. The number of aryl methyl sites for hydroxylation is 1. The van der Waals surface area contributed by atoms with E-state index in [0.29, 0.717) is 16.7 Å². The minimum absolute atomic E-state index is 0.0800. The van der Waals surface area contributed by atoms with E-state index in [4.69, 9.17) is 4.52 Å². The van der Waals surface area contributed by atoms with E-state index in [1.54, 1.807) is 13.1 Å². The summed E-state index contributed by atoms with van der Waals surface area (Å²) in [7, 11) is 0. The van der Waals surface area contributed by atoms with E-state index in [-0.39, 0.29) is 5.91 Å². The van der Waals surface area contributed by atoms with Gasteiger partial charge in [0.15, 0.2) is 0 Å². The maximum Gasteiger partial charge on any atom is 0.259 e. The number of carbonyl (C=O) groups is 1. The van der Waals surface area contributed by atoms with Gasteiger partial charge in [0.2, 0.25) is 0 Å². The Kier molecular flexibility index (Phi) is 3.31. The monoisotopic (exact) mass is 263 g/mol. The van der Waals surface area contributed by atoms with Crippen molar-refractivity contribution in [2.24, 2.45) is 5.41 Å². The third-order valence-corrected chi connectivity index (χ3v) is 4.59. The van der Waals surface area contributed by atoms with Crippen molar-refractivity contribution in [1.82, 2.24) is 15.4 Å². The van der Waals surface area contributed by atoms with Gasteiger partial charge in [0, 0.05) is 13.1 Å². The molecule has 2 aliphatic rings. The number of rotatable bonds is 1. The van der Waals surface area contributed by atoms with Crippen LogP contribution in [0.5, 0.6) is 0 Å². The van der Waals surface area contributed by atoms with Crippen LogP contribution >= 0.6 is 0 Å². The molecule has 1 amide bonds. The van der Waals surface area contributed by atoms with Crippen molar-refractivity contribution >= 4 is 5.91 Å². The largest absolute Gasteiger partial charge is 0.361 e. The van der Waals surface area contributed by atoms with Crippen molar-refractivity contribution in [3.8, 4) is 0 Å². The molecule has 0 saturated carbocycles. The van der Waals surface area contributed by atoms with Gasteiger partial charge in [0.1, 0.15) is 11.3 Å². The van der Waals surface area contributed by atoms with Crippen LogP contribution in [0.4, 0.5) is 0 Å². The minimum Gasteiger partial charge on any atom is -0.361 e. The molecule has 1 spiro atoms. The average Bonchev–Trinajstić information content (AvgIpc) is 2.85. The van der Waals surface area contributed by atoms with Gasteiger partial charge in [-0.2, -0.15) is 0 Å². The van der Waals surface area contributed by atoms with Gasteiger partial charge in [0.25, 0.3) is 5.91 Å². The third-order valence-electron chi connectivity index (χ3n) is 4.59. The lowest BCUT2D eigenvalue weighted by atomic mass is 9.73. The number of hydrogen-bond acceptors (Lipinski definition) is 4. The van der Waals surface area contributed by atoms with E-state index in [0.717, 1.165) is 32.6 Å². The molecule has 0 aromatic carbocycles. The predicted molar refractivity (Wildman–Crippen MR) is 70.9 cm³/mol. The van der Waals surface area contributed by atoms with Crippen molar-refractivity contribution in [2.75, 3.05) is 26.2 Å². The second-order valence-corrected chi connectivity index (χ2v) is 5.88. The first-order valence-electron chi connectivity index (χ1n) is 7.12. The first-order valence-corrected chi connectivity index (χ1v) is 7.12. The van der Waals surface area contributed by atoms with Gasteiger partial charge < -0.3 is 14.7 Å². The molecule has 5 heteroatoms. The molecule has 3 heterocycles. The summed E-state index contributed by atoms with van der Waals surface area (Å²) in [4.78, 5) is 14.5. The Balaban J connectivity index is 1.74. The molecule has 104 valence electrons. The highest BCUT2D eigenvalue weighted by Gasteiger charge is 2.38. The molecular weight excluding hydrogens is 242 g/mol. The van der Waals surface area contributed by atoms with Gasteiger partial charge in [-0.1, -0.05) is 5.16 Å². The standard InChI is InChI=1S/C14H21N3O2/c1-11-12(9-16-19-11)13(18)17-8-2-3-14(10-17)4-6-15-7-5-14/h9,15H,2-8,10H2,1H3. The number of hydrogen-bond donors (Lipinski definition) is 1. The number of likely N-dealkylation sites (tertiary alicyclic amines) is 1. The van der Waals surface area contributed by atoms with Crippen LogP contribution in [0.15, 0.2) is 10.7 Å². The van der Waals surface area contributed by atoms with Gasteiger partial charge in [-0.3, -0.25) is 4.79 Å². The van der Waals surface area contributed by atoms with E-state index in [9.17, 15) is 4.79 Å². The van der Waals surface area contributed by atoms with Crippen LogP contribution < -0.4 is 5.32 Å². The summed E-state index contributed by atoms with van der Waals surface area (Å²) in [6.45, 7) is 5.70. The van der Waals surface area contributed by atoms with Gasteiger partial charge in [0.05, 0.1) is 6.20 Å². The topological polar surface area (TPSA) is 58.4 Å². The summed E-state index contributed by atoms with van der Waals surface area (Å²) in [5, 5.41) is 7.12. The molecule has 0 atom stereocenters. The lowest BCUT2D eigenvalue weighted by molar-refractivity contribution is 0.0409. The molecule has 0 bridgehead atoms. The average molecular weight is 263 g/mol. The summed E-state index contributed by atoms with van der Waals surface area (Å²) >= 11 is 0. The van der Waals surface area contributed by atoms with E-state index >= 15 is 0 Å². The Morgan fingerprint density at radius 1 is 1.42 bits per heavy atom. The lowest BCUT2D eigenvalue weighted by Gasteiger charge is -2.45. The van der Waals surface area contributed by atoms with Crippen LogP contribution in [0.2, 0.25) is 0 Å². The van der Waals surface area contributed by atoms with Gasteiger partial charge in [-0.25, -0.2) is 0 Å². The molecule has 2 fully saturated rings. The second-order valence-electron chi connectivity index (χ2n) is 5.88. The number of amides is 1. The zero-order valence-corrected chi connectivity index (χ0v) is 11.4. The maximum atomic E-state index is 12.5. The molecule has 5 nitrogen and oxygen atoms in total. The fourth-order valence-electron chi connectivity index (χ4n) is 3.42. The molecule has 19 heavy (non-hydrogen) atoms. The Morgan fingerprint density at radius 3 is 2.89 bits per heavy atom. The van der Waals surface area contributed by atoms with E-state index in [1.165, 1.54) is 19.3 Å². The number of nitrogens with zero attached hydrogens (tertiary/aromatic N) is 2. The first kappa shape index (κ1) is 12.7. The molecule has 0 aliphatic carbocycles. The summed E-state index contributed by atoms with van der Waals surface area (Å²) in [5.74, 6) is 0.700. The number of piperidine rings is 2. The van der Waals surface area contributed by atoms with Crippen LogP contribution in [0.1, 0.15) is 41.8 Å². The molecule has 1 N–H and O–H groups in total. The molecule has 2 aliphatic heterocycles. The van der Waals surface area contributed by atoms with Crippen LogP contribution in [-0.4, -0.2) is 42.1 Å². The number of aromatic nitrogens is 1. The van der Waals surface area contributed by atoms with E-state index < -0.39 is 0 Å². The van der Waals surface area contributed by atoms with Crippen molar-refractivity contribution in [2.45, 2.75) is 32.6 Å². The molecule has 0 unspecified atom stereocenters. The van der Waals surface area contributed by atoms with Crippen molar-refractivity contribution in [3.05, 3.63) is 17.5 Å². The lowest BCUT2D eigenvalue weighted by Crippen LogP contribution is -2.50. The van der Waals surface area contributed by atoms with Gasteiger partial charge in [-0.15, -0.1) is 0 Å². The molecule has 0 radical (unpaired) electrons. The first-order chi connectivity index (χ1) is 9.20. The third kappa shape index (κ3) is 2.39. The normalized spacial score (nSPS) is 22.7. The summed E-state index contributed by atoms with van der Waals surface area (Å²) in [5.41, 5.74) is 0.954. The zero-order valence-electron chi connectivity index (χ0n) is 11.4. The Morgan fingerprint density at radius 2 is 2.21 bits per heavy atom. The molecule has 3 rings (SSSR count). The maximum absolute atomic E-state index is 12.5. The second kappa shape index (κ2) is 4.96. The highest BCUT2D eigenvalue weighted by Crippen LogP contribution is 2.38. The summed E-state index contributed by atoms with van der Waals surface area (Å²) in [6.07, 6.45) is 6.26. The Labute approximate surface area is 113 Å². The molecule has 2 saturated heterocycles. The smallest absolute Gasteiger partial charge is 0.259 e. The highest BCUT2D eigenvalue weighted by molar-refractivity contribution is 5.94. The fourth-order valence-corrected chi connectivity index (χ4v) is 3.42.